The summed E-state index contributed by atoms with van der Waals surface area (Å²) in [5, 5.41) is 2.92. The Labute approximate surface area is 164 Å². The number of amides is 3. The van der Waals surface area contributed by atoms with Crippen molar-refractivity contribution in [3.8, 4) is 5.75 Å². The lowest BCUT2D eigenvalue weighted by Crippen LogP contribution is -2.44. The molecule has 0 fully saturated rings. The van der Waals surface area contributed by atoms with Gasteiger partial charge in [-0.05, 0) is 31.5 Å². The van der Waals surface area contributed by atoms with Gasteiger partial charge < -0.3 is 10.1 Å². The molecule has 1 heterocycles. The van der Waals surface area contributed by atoms with Gasteiger partial charge in [-0.1, -0.05) is 35.9 Å². The number of ether oxygens (including phenoxy) is 1. The third-order valence-electron chi connectivity index (χ3n) is 4.93. The van der Waals surface area contributed by atoms with E-state index in [-0.39, 0.29) is 43.1 Å². The van der Waals surface area contributed by atoms with E-state index in [1.807, 2.05) is 38.1 Å². The molecule has 0 unspecified atom stereocenters. The summed E-state index contributed by atoms with van der Waals surface area (Å²) in [6.45, 7) is 3.92. The minimum Gasteiger partial charge on any atom is -0.496 e. The van der Waals surface area contributed by atoms with Gasteiger partial charge in [-0.15, -0.1) is 0 Å². The molecule has 0 radical (unpaired) electrons. The number of nitrogens with zero attached hydrogens (tertiary/aromatic N) is 1. The molecule has 28 heavy (non-hydrogen) atoms. The Morgan fingerprint density at radius 2 is 1.96 bits per heavy atom. The molecule has 0 saturated heterocycles. The van der Waals surface area contributed by atoms with Crippen molar-refractivity contribution in [2.75, 3.05) is 13.7 Å². The number of fused-ring (bicyclic) bond motifs is 1. The summed E-state index contributed by atoms with van der Waals surface area (Å²) < 4.78 is 5.37. The van der Waals surface area contributed by atoms with Crippen molar-refractivity contribution >= 4 is 17.7 Å². The molecule has 2 aromatic rings. The zero-order valence-electron chi connectivity index (χ0n) is 16.3. The fourth-order valence-corrected chi connectivity index (χ4v) is 3.42. The van der Waals surface area contributed by atoms with Gasteiger partial charge in [-0.25, -0.2) is 0 Å². The van der Waals surface area contributed by atoms with Crippen LogP contribution in [0.25, 0.3) is 0 Å². The number of imide groups is 1. The average molecular weight is 380 g/mol. The summed E-state index contributed by atoms with van der Waals surface area (Å²) >= 11 is 0. The predicted molar refractivity (Wildman–Crippen MR) is 105 cm³/mol. The largest absolute Gasteiger partial charge is 0.496 e. The molecule has 0 spiro atoms. The van der Waals surface area contributed by atoms with Crippen LogP contribution in [-0.2, 0) is 16.0 Å². The van der Waals surface area contributed by atoms with Gasteiger partial charge in [0.1, 0.15) is 5.75 Å². The first kappa shape index (κ1) is 19.6. The first-order valence-corrected chi connectivity index (χ1v) is 9.27. The minimum atomic E-state index is -0.340. The van der Waals surface area contributed by atoms with Crippen LogP contribution in [-0.4, -0.2) is 36.3 Å². The maximum absolute atomic E-state index is 12.6. The smallest absolute Gasteiger partial charge is 0.260 e. The highest BCUT2D eigenvalue weighted by atomic mass is 16.5. The molecule has 146 valence electrons. The van der Waals surface area contributed by atoms with Crippen molar-refractivity contribution in [2.45, 2.75) is 32.7 Å². The van der Waals surface area contributed by atoms with Gasteiger partial charge in [-0.3, -0.25) is 19.3 Å². The molecule has 0 saturated carbocycles. The molecule has 2 aromatic carbocycles. The van der Waals surface area contributed by atoms with E-state index in [0.29, 0.717) is 11.3 Å². The summed E-state index contributed by atoms with van der Waals surface area (Å²) in [5.41, 5.74) is 3.22. The Bertz CT molecular complexity index is 923. The molecular weight excluding hydrogens is 356 g/mol. The van der Waals surface area contributed by atoms with Crippen LogP contribution in [0.4, 0.5) is 0 Å². The van der Waals surface area contributed by atoms with Crippen LogP contribution in [0, 0.1) is 6.92 Å². The van der Waals surface area contributed by atoms with E-state index in [2.05, 4.69) is 5.32 Å². The molecule has 1 aliphatic rings. The van der Waals surface area contributed by atoms with Crippen LogP contribution in [0.3, 0.4) is 0 Å². The van der Waals surface area contributed by atoms with E-state index in [9.17, 15) is 14.4 Å². The number of rotatable bonds is 6. The lowest BCUT2D eigenvalue weighted by atomic mass is 9.98. The molecule has 0 bridgehead atoms. The van der Waals surface area contributed by atoms with Gasteiger partial charge in [0.15, 0.2) is 0 Å². The Morgan fingerprint density at radius 3 is 2.71 bits per heavy atom. The molecule has 3 amide bonds. The first-order valence-electron chi connectivity index (χ1n) is 9.27. The first-order chi connectivity index (χ1) is 13.4. The second kappa shape index (κ2) is 8.25. The van der Waals surface area contributed by atoms with E-state index in [0.717, 1.165) is 16.7 Å². The van der Waals surface area contributed by atoms with Crippen LogP contribution in [0.2, 0.25) is 0 Å². The van der Waals surface area contributed by atoms with E-state index in [4.69, 9.17) is 4.74 Å². The number of hydrogen-bond acceptors (Lipinski definition) is 4. The summed E-state index contributed by atoms with van der Waals surface area (Å²) in [6.07, 6.45) is 0.235. The molecule has 1 atom stereocenters. The maximum Gasteiger partial charge on any atom is 0.260 e. The summed E-state index contributed by atoms with van der Waals surface area (Å²) in [5.74, 6) is -0.134. The van der Waals surface area contributed by atoms with Gasteiger partial charge in [0.25, 0.3) is 5.91 Å². The highest BCUT2D eigenvalue weighted by molar-refractivity contribution is 6.09. The normalized spacial score (nSPS) is 14.5. The second-order valence-corrected chi connectivity index (χ2v) is 6.97. The zero-order chi connectivity index (χ0) is 20.3. The van der Waals surface area contributed by atoms with Crippen molar-refractivity contribution < 1.29 is 19.1 Å². The number of methoxy groups -OCH3 is 1. The average Bonchev–Trinajstić information content (AvgIpc) is 2.67. The van der Waals surface area contributed by atoms with Gasteiger partial charge in [0.2, 0.25) is 11.8 Å². The van der Waals surface area contributed by atoms with Crippen molar-refractivity contribution in [3.63, 3.8) is 0 Å². The van der Waals surface area contributed by atoms with E-state index >= 15 is 0 Å². The lowest BCUT2D eigenvalue weighted by Gasteiger charge is -2.26. The number of nitrogens with one attached hydrogen (secondary N) is 1. The SMILES string of the molecule is COc1ccc(C)cc1[C@H](C)NC(=O)CCN1C(=O)Cc2ccccc2C1=O. The summed E-state index contributed by atoms with van der Waals surface area (Å²) in [7, 11) is 1.59. The maximum atomic E-state index is 12.6. The van der Waals surface area contributed by atoms with Crippen LogP contribution in [0.5, 0.6) is 5.75 Å². The lowest BCUT2D eigenvalue weighted by molar-refractivity contribution is -0.129. The predicted octanol–water partition coefficient (Wildman–Crippen LogP) is 2.80. The van der Waals surface area contributed by atoms with Crippen LogP contribution < -0.4 is 10.1 Å². The van der Waals surface area contributed by atoms with Gasteiger partial charge in [-0.2, -0.15) is 0 Å². The topological polar surface area (TPSA) is 75.7 Å². The number of carbonyl (C=O) groups excluding carboxylic acids is 3. The number of carbonyl (C=O) groups is 3. The minimum absolute atomic E-state index is 0.0537. The standard InChI is InChI=1S/C22H24N2O4/c1-14-8-9-19(28-3)18(12-14)15(2)23-20(25)10-11-24-21(26)13-16-6-4-5-7-17(16)22(24)27/h4-9,12,15H,10-11,13H2,1-3H3,(H,23,25)/t15-/m0/s1. The Kier molecular flexibility index (Phi) is 5.78. The zero-order valence-corrected chi connectivity index (χ0v) is 16.3. The Morgan fingerprint density at radius 1 is 1.21 bits per heavy atom. The third-order valence-corrected chi connectivity index (χ3v) is 4.93. The van der Waals surface area contributed by atoms with Crippen LogP contribution >= 0.6 is 0 Å². The molecular formula is C22H24N2O4. The molecule has 1 N–H and O–H groups in total. The van der Waals surface area contributed by atoms with Crippen molar-refractivity contribution in [1.29, 1.82) is 0 Å². The highest BCUT2D eigenvalue weighted by Gasteiger charge is 2.30. The number of aryl methyl sites for hydroxylation is 1. The molecule has 1 aliphatic heterocycles. The quantitative estimate of drug-likeness (QED) is 0.782. The van der Waals surface area contributed by atoms with Gasteiger partial charge in [0.05, 0.1) is 19.6 Å². The van der Waals surface area contributed by atoms with E-state index in [1.54, 1.807) is 25.3 Å². The fourth-order valence-electron chi connectivity index (χ4n) is 3.42. The Balaban J connectivity index is 1.62. The summed E-state index contributed by atoms with van der Waals surface area (Å²) in [4.78, 5) is 38.4. The highest BCUT2D eigenvalue weighted by Crippen LogP contribution is 2.26. The molecule has 0 aromatic heterocycles. The second-order valence-electron chi connectivity index (χ2n) is 6.97. The molecule has 6 heteroatoms. The Hall–Kier alpha value is -3.15. The van der Waals surface area contributed by atoms with Gasteiger partial charge in [0, 0.05) is 24.1 Å². The monoisotopic (exact) mass is 380 g/mol. The van der Waals surface area contributed by atoms with Crippen molar-refractivity contribution in [1.82, 2.24) is 10.2 Å². The summed E-state index contributed by atoms with van der Waals surface area (Å²) in [6, 6.07) is 12.6. The van der Waals surface area contributed by atoms with Crippen molar-refractivity contribution in [2.24, 2.45) is 0 Å². The van der Waals surface area contributed by atoms with Crippen molar-refractivity contribution in [3.05, 3.63) is 64.7 Å². The molecule has 6 nitrogen and oxygen atoms in total. The van der Waals surface area contributed by atoms with Crippen LogP contribution in [0.15, 0.2) is 42.5 Å². The van der Waals surface area contributed by atoms with E-state index in [1.165, 1.54) is 4.90 Å². The van der Waals surface area contributed by atoms with Gasteiger partial charge >= 0.3 is 0 Å². The van der Waals surface area contributed by atoms with Crippen LogP contribution in [0.1, 0.15) is 46.4 Å². The molecule has 0 aliphatic carbocycles. The fraction of sp³-hybridized carbons (Fsp3) is 0.318. The van der Waals surface area contributed by atoms with E-state index < -0.39 is 0 Å². The third kappa shape index (κ3) is 4.06. The number of benzene rings is 2. The molecule has 3 rings (SSSR count). The number of hydrogen-bond donors (Lipinski definition) is 1.